The van der Waals surface area contributed by atoms with E-state index in [0.717, 1.165) is 17.9 Å². The average molecular weight is 226 g/mol. The standard InChI is InChI=1S/C10H12ClN3O/c1-12-3-8-2-10(15-7-8)6-14-5-9(11)4-13-14/h2,4-5,7,12H,3,6H2,1H3. The summed E-state index contributed by atoms with van der Waals surface area (Å²) in [6.45, 7) is 1.42. The second kappa shape index (κ2) is 4.51. The second-order valence-corrected chi connectivity index (χ2v) is 3.74. The van der Waals surface area contributed by atoms with Crippen LogP contribution in [-0.2, 0) is 13.1 Å². The number of hydrogen-bond donors (Lipinski definition) is 1. The maximum Gasteiger partial charge on any atom is 0.125 e. The lowest BCUT2D eigenvalue weighted by Gasteiger charge is -1.95. The Hall–Kier alpha value is -1.26. The molecule has 0 aromatic carbocycles. The van der Waals surface area contributed by atoms with E-state index in [4.69, 9.17) is 16.0 Å². The van der Waals surface area contributed by atoms with Crippen LogP contribution in [0.15, 0.2) is 29.1 Å². The summed E-state index contributed by atoms with van der Waals surface area (Å²) in [7, 11) is 1.90. The number of hydrogen-bond acceptors (Lipinski definition) is 3. The van der Waals surface area contributed by atoms with Crippen molar-refractivity contribution in [2.24, 2.45) is 0 Å². The maximum absolute atomic E-state index is 5.76. The maximum atomic E-state index is 5.76. The zero-order chi connectivity index (χ0) is 10.7. The molecular weight excluding hydrogens is 214 g/mol. The zero-order valence-electron chi connectivity index (χ0n) is 8.40. The largest absolute Gasteiger partial charge is 0.467 e. The van der Waals surface area contributed by atoms with Crippen molar-refractivity contribution in [3.05, 3.63) is 41.1 Å². The van der Waals surface area contributed by atoms with Crippen LogP contribution in [0.5, 0.6) is 0 Å². The summed E-state index contributed by atoms with van der Waals surface area (Å²) in [6, 6.07) is 2.01. The topological polar surface area (TPSA) is 43.0 Å². The van der Waals surface area contributed by atoms with E-state index >= 15 is 0 Å². The first-order valence-electron chi connectivity index (χ1n) is 4.67. The fourth-order valence-electron chi connectivity index (χ4n) is 1.39. The molecule has 2 heterocycles. The minimum absolute atomic E-state index is 0.608. The van der Waals surface area contributed by atoms with Gasteiger partial charge in [-0.25, -0.2) is 0 Å². The predicted octanol–water partition coefficient (Wildman–Crippen LogP) is 1.90. The second-order valence-electron chi connectivity index (χ2n) is 3.31. The van der Waals surface area contributed by atoms with Crippen LogP contribution in [0.1, 0.15) is 11.3 Å². The Balaban J connectivity index is 2.04. The predicted molar refractivity (Wildman–Crippen MR) is 57.8 cm³/mol. The Bertz CT molecular complexity index is 435. The minimum atomic E-state index is 0.608. The van der Waals surface area contributed by atoms with Gasteiger partial charge < -0.3 is 9.73 Å². The lowest BCUT2D eigenvalue weighted by atomic mass is 10.3. The van der Waals surface area contributed by atoms with Crippen LogP contribution < -0.4 is 5.32 Å². The molecule has 0 amide bonds. The summed E-state index contributed by atoms with van der Waals surface area (Å²) >= 11 is 5.76. The van der Waals surface area contributed by atoms with Gasteiger partial charge in [0.1, 0.15) is 5.76 Å². The van der Waals surface area contributed by atoms with Crippen LogP contribution in [0.4, 0.5) is 0 Å². The van der Waals surface area contributed by atoms with Gasteiger partial charge >= 0.3 is 0 Å². The van der Waals surface area contributed by atoms with Gasteiger partial charge in [0.05, 0.1) is 24.0 Å². The van der Waals surface area contributed by atoms with Crippen molar-refractivity contribution in [3.63, 3.8) is 0 Å². The molecule has 0 unspecified atom stereocenters. The smallest absolute Gasteiger partial charge is 0.125 e. The Morgan fingerprint density at radius 3 is 3.13 bits per heavy atom. The van der Waals surface area contributed by atoms with Crippen molar-refractivity contribution >= 4 is 11.6 Å². The summed E-state index contributed by atoms with van der Waals surface area (Å²) in [5.74, 6) is 0.875. The molecule has 0 aliphatic rings. The molecule has 5 heteroatoms. The van der Waals surface area contributed by atoms with Crippen LogP contribution >= 0.6 is 11.6 Å². The summed E-state index contributed by atoms with van der Waals surface area (Å²) in [4.78, 5) is 0. The van der Waals surface area contributed by atoms with Crippen LogP contribution in [0, 0.1) is 0 Å². The number of rotatable bonds is 4. The molecule has 0 aliphatic heterocycles. The fourth-order valence-corrected chi connectivity index (χ4v) is 1.55. The summed E-state index contributed by atoms with van der Waals surface area (Å²) in [5.41, 5.74) is 1.13. The first kappa shape index (κ1) is 10.3. The zero-order valence-corrected chi connectivity index (χ0v) is 9.16. The summed E-state index contributed by atoms with van der Waals surface area (Å²) in [6.07, 6.45) is 5.12. The van der Waals surface area contributed by atoms with Crippen molar-refractivity contribution in [1.29, 1.82) is 0 Å². The van der Waals surface area contributed by atoms with Gasteiger partial charge in [-0.1, -0.05) is 11.6 Å². The van der Waals surface area contributed by atoms with Gasteiger partial charge in [0.15, 0.2) is 0 Å². The van der Waals surface area contributed by atoms with Crippen molar-refractivity contribution in [2.75, 3.05) is 7.05 Å². The highest BCUT2D eigenvalue weighted by atomic mass is 35.5. The van der Waals surface area contributed by atoms with Gasteiger partial charge in [0.2, 0.25) is 0 Å². The molecule has 2 aromatic rings. The normalized spacial score (nSPS) is 10.8. The van der Waals surface area contributed by atoms with Gasteiger partial charge in [-0.2, -0.15) is 5.10 Å². The molecule has 2 rings (SSSR count). The number of nitrogens with one attached hydrogen (secondary N) is 1. The van der Waals surface area contributed by atoms with Crippen LogP contribution in [0.25, 0.3) is 0 Å². The molecule has 0 radical (unpaired) electrons. The van der Waals surface area contributed by atoms with E-state index in [0.29, 0.717) is 11.6 Å². The average Bonchev–Trinajstić information content (AvgIpc) is 2.78. The number of nitrogens with zero attached hydrogens (tertiary/aromatic N) is 2. The fraction of sp³-hybridized carbons (Fsp3) is 0.300. The van der Waals surface area contributed by atoms with Crippen LogP contribution in [0.3, 0.4) is 0 Å². The SMILES string of the molecule is CNCc1coc(Cn2cc(Cl)cn2)c1. The lowest BCUT2D eigenvalue weighted by Crippen LogP contribution is -2.03. The van der Waals surface area contributed by atoms with E-state index in [1.54, 1.807) is 23.3 Å². The highest BCUT2D eigenvalue weighted by Crippen LogP contribution is 2.11. The molecule has 0 saturated heterocycles. The van der Waals surface area contributed by atoms with Crippen molar-refractivity contribution in [3.8, 4) is 0 Å². The Morgan fingerprint density at radius 2 is 2.47 bits per heavy atom. The van der Waals surface area contributed by atoms with E-state index in [1.165, 1.54) is 0 Å². The Morgan fingerprint density at radius 1 is 1.60 bits per heavy atom. The molecule has 0 bridgehead atoms. The van der Waals surface area contributed by atoms with Crippen molar-refractivity contribution in [1.82, 2.24) is 15.1 Å². The van der Waals surface area contributed by atoms with E-state index in [1.807, 2.05) is 13.1 Å². The van der Waals surface area contributed by atoms with E-state index in [2.05, 4.69) is 10.4 Å². The Kier molecular flexibility index (Phi) is 3.08. The van der Waals surface area contributed by atoms with Gasteiger partial charge in [-0.15, -0.1) is 0 Å². The first-order chi connectivity index (χ1) is 7.28. The molecule has 4 nitrogen and oxygen atoms in total. The number of furan rings is 1. The molecule has 0 aliphatic carbocycles. The highest BCUT2D eigenvalue weighted by molar-refractivity contribution is 6.30. The molecule has 1 N–H and O–H groups in total. The third-order valence-corrected chi connectivity index (χ3v) is 2.20. The molecular formula is C10H12ClN3O. The number of aromatic nitrogens is 2. The van der Waals surface area contributed by atoms with Crippen molar-refractivity contribution in [2.45, 2.75) is 13.1 Å². The first-order valence-corrected chi connectivity index (χ1v) is 5.04. The van der Waals surface area contributed by atoms with E-state index < -0.39 is 0 Å². The van der Waals surface area contributed by atoms with E-state index in [9.17, 15) is 0 Å². The van der Waals surface area contributed by atoms with Gasteiger partial charge in [-0.3, -0.25) is 4.68 Å². The summed E-state index contributed by atoms with van der Waals surface area (Å²) in [5, 5.41) is 7.77. The molecule has 0 spiro atoms. The van der Waals surface area contributed by atoms with Gasteiger partial charge in [0.25, 0.3) is 0 Å². The molecule has 0 saturated carbocycles. The summed E-state index contributed by atoms with van der Waals surface area (Å²) < 4.78 is 7.13. The third kappa shape index (κ3) is 2.61. The highest BCUT2D eigenvalue weighted by Gasteiger charge is 2.03. The third-order valence-electron chi connectivity index (χ3n) is 2.01. The number of halogens is 1. The molecule has 0 atom stereocenters. The lowest BCUT2D eigenvalue weighted by molar-refractivity contribution is 0.478. The van der Waals surface area contributed by atoms with Crippen LogP contribution in [-0.4, -0.2) is 16.8 Å². The van der Waals surface area contributed by atoms with Crippen LogP contribution in [0.2, 0.25) is 5.02 Å². The van der Waals surface area contributed by atoms with Gasteiger partial charge in [0, 0.05) is 18.3 Å². The molecule has 0 fully saturated rings. The Labute approximate surface area is 92.8 Å². The quantitative estimate of drug-likeness (QED) is 0.864. The van der Waals surface area contributed by atoms with Gasteiger partial charge in [-0.05, 0) is 13.1 Å². The monoisotopic (exact) mass is 225 g/mol. The van der Waals surface area contributed by atoms with Crippen molar-refractivity contribution < 1.29 is 4.42 Å². The molecule has 15 heavy (non-hydrogen) atoms. The minimum Gasteiger partial charge on any atom is -0.467 e. The van der Waals surface area contributed by atoms with E-state index in [-0.39, 0.29) is 0 Å². The molecule has 2 aromatic heterocycles. The molecule has 80 valence electrons.